The highest BCUT2D eigenvalue weighted by molar-refractivity contribution is 6.42. The molecule has 0 aliphatic rings. The Morgan fingerprint density at radius 1 is 1.06 bits per heavy atom. The van der Waals surface area contributed by atoms with E-state index < -0.39 is 6.04 Å². The SMILES string of the molecule is Nc1ncc(Cl)cc1C(N)c1ccc(Cl)c(Cl)c1. The fraction of sp³-hybridized carbons (Fsp3) is 0.0833. The first-order valence-electron chi connectivity index (χ1n) is 5.10. The lowest BCUT2D eigenvalue weighted by molar-refractivity contribution is 0.868. The van der Waals surface area contributed by atoms with Gasteiger partial charge in [-0.3, -0.25) is 0 Å². The molecule has 0 aliphatic carbocycles. The van der Waals surface area contributed by atoms with Crippen LogP contribution in [0.1, 0.15) is 17.2 Å². The lowest BCUT2D eigenvalue weighted by atomic mass is 10.0. The van der Waals surface area contributed by atoms with E-state index in [1.165, 1.54) is 6.20 Å². The molecule has 1 atom stereocenters. The molecule has 2 rings (SSSR count). The second-order valence-corrected chi connectivity index (χ2v) is 5.03. The second kappa shape index (κ2) is 5.33. The van der Waals surface area contributed by atoms with Gasteiger partial charge in [-0.25, -0.2) is 4.98 Å². The molecule has 0 radical (unpaired) electrons. The Kier molecular flexibility index (Phi) is 3.97. The zero-order chi connectivity index (χ0) is 13.3. The summed E-state index contributed by atoms with van der Waals surface area (Å²) in [4.78, 5) is 3.97. The van der Waals surface area contributed by atoms with Gasteiger partial charge < -0.3 is 11.5 Å². The quantitative estimate of drug-likeness (QED) is 0.889. The number of hydrogen-bond acceptors (Lipinski definition) is 3. The lowest BCUT2D eigenvalue weighted by Crippen LogP contribution is -2.14. The van der Waals surface area contributed by atoms with Crippen LogP contribution in [-0.2, 0) is 0 Å². The first-order valence-corrected chi connectivity index (χ1v) is 6.24. The van der Waals surface area contributed by atoms with Gasteiger partial charge in [0.1, 0.15) is 5.82 Å². The monoisotopic (exact) mass is 301 g/mol. The van der Waals surface area contributed by atoms with E-state index in [9.17, 15) is 0 Å². The van der Waals surface area contributed by atoms with Gasteiger partial charge in [-0.1, -0.05) is 40.9 Å². The summed E-state index contributed by atoms with van der Waals surface area (Å²) in [7, 11) is 0. The molecule has 0 spiro atoms. The summed E-state index contributed by atoms with van der Waals surface area (Å²) in [6.45, 7) is 0. The van der Waals surface area contributed by atoms with Crippen molar-refractivity contribution in [3.8, 4) is 0 Å². The molecular weight excluding hydrogens is 293 g/mol. The highest BCUT2D eigenvalue weighted by Gasteiger charge is 2.14. The predicted molar refractivity (Wildman–Crippen MR) is 76.2 cm³/mol. The minimum atomic E-state index is -0.453. The summed E-state index contributed by atoms with van der Waals surface area (Å²) in [6.07, 6.45) is 1.47. The van der Waals surface area contributed by atoms with E-state index in [0.29, 0.717) is 26.4 Å². The van der Waals surface area contributed by atoms with Crippen LogP contribution in [0.4, 0.5) is 5.82 Å². The molecule has 1 aromatic carbocycles. The smallest absolute Gasteiger partial charge is 0.128 e. The first kappa shape index (κ1) is 13.4. The maximum atomic E-state index is 6.12. The Morgan fingerprint density at radius 3 is 2.44 bits per heavy atom. The molecular formula is C12H10Cl3N3. The number of nitrogens with two attached hydrogens (primary N) is 2. The Balaban J connectivity index is 2.44. The van der Waals surface area contributed by atoms with Gasteiger partial charge in [0.15, 0.2) is 0 Å². The molecule has 0 fully saturated rings. The van der Waals surface area contributed by atoms with E-state index in [1.807, 2.05) is 0 Å². The normalized spacial score (nSPS) is 12.4. The molecule has 1 heterocycles. The molecule has 0 aliphatic heterocycles. The van der Waals surface area contributed by atoms with E-state index in [0.717, 1.165) is 5.56 Å². The second-order valence-electron chi connectivity index (χ2n) is 3.78. The molecule has 4 N–H and O–H groups in total. The molecule has 6 heteroatoms. The van der Waals surface area contributed by atoms with Crippen molar-refractivity contribution in [2.24, 2.45) is 5.73 Å². The third kappa shape index (κ3) is 2.70. The molecule has 3 nitrogen and oxygen atoms in total. The topological polar surface area (TPSA) is 64.9 Å². The summed E-state index contributed by atoms with van der Waals surface area (Å²) >= 11 is 17.7. The Hall–Kier alpha value is -1.000. The molecule has 0 saturated carbocycles. The first-order chi connectivity index (χ1) is 8.49. The van der Waals surface area contributed by atoms with Gasteiger partial charge in [0, 0.05) is 11.8 Å². The number of halogens is 3. The zero-order valence-corrected chi connectivity index (χ0v) is 11.5. The van der Waals surface area contributed by atoms with E-state index in [1.54, 1.807) is 24.3 Å². The van der Waals surface area contributed by atoms with Crippen molar-refractivity contribution in [1.29, 1.82) is 0 Å². The summed E-state index contributed by atoms with van der Waals surface area (Å²) in [6, 6.07) is 6.42. The highest BCUT2D eigenvalue weighted by Crippen LogP contribution is 2.30. The number of benzene rings is 1. The Labute approximate surface area is 120 Å². The number of aromatic nitrogens is 1. The van der Waals surface area contributed by atoms with Crippen LogP contribution in [0.3, 0.4) is 0 Å². The van der Waals surface area contributed by atoms with E-state index in [2.05, 4.69) is 4.98 Å². The number of anilines is 1. The molecule has 18 heavy (non-hydrogen) atoms. The van der Waals surface area contributed by atoms with Crippen molar-refractivity contribution >= 4 is 40.6 Å². The molecule has 0 saturated heterocycles. The van der Waals surface area contributed by atoms with Crippen LogP contribution in [0.25, 0.3) is 0 Å². The minimum absolute atomic E-state index is 0.345. The molecule has 1 aromatic heterocycles. The van der Waals surface area contributed by atoms with Crippen molar-refractivity contribution in [2.75, 3.05) is 5.73 Å². The van der Waals surface area contributed by atoms with Gasteiger partial charge in [0.2, 0.25) is 0 Å². The average molecular weight is 303 g/mol. The fourth-order valence-electron chi connectivity index (χ4n) is 1.60. The lowest BCUT2D eigenvalue weighted by Gasteiger charge is -2.15. The maximum absolute atomic E-state index is 6.12. The largest absolute Gasteiger partial charge is 0.383 e. The van der Waals surface area contributed by atoms with Crippen molar-refractivity contribution in [3.05, 3.63) is 56.7 Å². The van der Waals surface area contributed by atoms with Crippen molar-refractivity contribution < 1.29 is 0 Å². The summed E-state index contributed by atoms with van der Waals surface area (Å²) in [5.74, 6) is 0.345. The third-order valence-corrected chi connectivity index (χ3v) is 3.50. The van der Waals surface area contributed by atoms with Gasteiger partial charge in [-0.15, -0.1) is 0 Å². The van der Waals surface area contributed by atoms with Gasteiger partial charge in [-0.2, -0.15) is 0 Å². The number of nitrogens with zero attached hydrogens (tertiary/aromatic N) is 1. The van der Waals surface area contributed by atoms with Gasteiger partial charge >= 0.3 is 0 Å². The van der Waals surface area contributed by atoms with Crippen LogP contribution in [0.15, 0.2) is 30.5 Å². The number of nitrogen functional groups attached to an aromatic ring is 1. The zero-order valence-electron chi connectivity index (χ0n) is 9.20. The van der Waals surface area contributed by atoms with Crippen LogP contribution >= 0.6 is 34.8 Å². The molecule has 1 unspecified atom stereocenters. The summed E-state index contributed by atoms with van der Waals surface area (Å²) in [5.41, 5.74) is 13.4. The van der Waals surface area contributed by atoms with Gasteiger partial charge in [0.25, 0.3) is 0 Å². The number of rotatable bonds is 2. The number of hydrogen-bond donors (Lipinski definition) is 2. The third-order valence-electron chi connectivity index (χ3n) is 2.55. The minimum Gasteiger partial charge on any atom is -0.383 e. The highest BCUT2D eigenvalue weighted by atomic mass is 35.5. The molecule has 2 aromatic rings. The standard InChI is InChI=1S/C12H10Cl3N3/c13-7-4-8(12(17)18-5-7)11(16)6-1-2-9(14)10(15)3-6/h1-5,11H,16H2,(H2,17,18). The van der Waals surface area contributed by atoms with E-state index >= 15 is 0 Å². The predicted octanol–water partition coefficient (Wildman–Crippen LogP) is 3.67. The summed E-state index contributed by atoms with van der Waals surface area (Å²) in [5, 5.41) is 1.40. The molecule has 0 bridgehead atoms. The molecule has 0 amide bonds. The average Bonchev–Trinajstić information content (AvgIpc) is 2.35. The van der Waals surface area contributed by atoms with Crippen LogP contribution in [0.5, 0.6) is 0 Å². The van der Waals surface area contributed by atoms with Gasteiger partial charge in [0.05, 0.1) is 21.1 Å². The van der Waals surface area contributed by atoms with Crippen molar-refractivity contribution in [2.45, 2.75) is 6.04 Å². The van der Waals surface area contributed by atoms with Crippen LogP contribution in [-0.4, -0.2) is 4.98 Å². The van der Waals surface area contributed by atoms with Crippen LogP contribution in [0, 0.1) is 0 Å². The summed E-state index contributed by atoms with van der Waals surface area (Å²) < 4.78 is 0. The van der Waals surface area contributed by atoms with E-state index in [-0.39, 0.29) is 0 Å². The van der Waals surface area contributed by atoms with Crippen molar-refractivity contribution in [1.82, 2.24) is 4.98 Å². The molecule has 94 valence electrons. The number of pyridine rings is 1. The van der Waals surface area contributed by atoms with Crippen LogP contribution in [0.2, 0.25) is 15.1 Å². The maximum Gasteiger partial charge on any atom is 0.128 e. The Bertz CT molecular complexity index is 587. The Morgan fingerprint density at radius 2 is 1.78 bits per heavy atom. The van der Waals surface area contributed by atoms with Crippen molar-refractivity contribution in [3.63, 3.8) is 0 Å². The van der Waals surface area contributed by atoms with Crippen LogP contribution < -0.4 is 11.5 Å². The van der Waals surface area contributed by atoms with E-state index in [4.69, 9.17) is 46.3 Å². The van der Waals surface area contributed by atoms with Gasteiger partial charge in [-0.05, 0) is 23.8 Å². The fourth-order valence-corrected chi connectivity index (χ4v) is 2.07.